The minimum absolute atomic E-state index is 0.127. The SMILES string of the molecule is CC(=O)Nc1ccc(C2c3c(n[nH]c3-c3ccc(C)cc3)OC(=N)C2C#N)cc1. The average Bonchev–Trinajstić information content (AvgIpc) is 3.11. The van der Waals surface area contributed by atoms with Crippen molar-refractivity contribution in [1.82, 2.24) is 10.2 Å². The molecule has 2 aromatic carbocycles. The smallest absolute Gasteiger partial charge is 0.244 e. The maximum Gasteiger partial charge on any atom is 0.244 e. The molecule has 0 saturated heterocycles. The summed E-state index contributed by atoms with van der Waals surface area (Å²) in [5, 5.41) is 28.0. The summed E-state index contributed by atoms with van der Waals surface area (Å²) in [6, 6.07) is 17.5. The molecule has 0 radical (unpaired) electrons. The summed E-state index contributed by atoms with van der Waals surface area (Å²) in [7, 11) is 0. The number of aromatic amines is 1. The van der Waals surface area contributed by atoms with Crippen molar-refractivity contribution in [2.45, 2.75) is 19.8 Å². The predicted octanol–water partition coefficient (Wildman–Crippen LogP) is 3.98. The standard InChI is InChI=1S/C22H19N5O2/c1-12-3-5-15(6-4-12)20-19-18(14-7-9-16(10-8-14)25-13(2)28)17(11-23)21(24)29-22(19)27-26-20/h3-10,17-18,24H,1-2H3,(H,25,28)(H,26,27). The molecule has 29 heavy (non-hydrogen) atoms. The van der Waals surface area contributed by atoms with Gasteiger partial charge in [-0.2, -0.15) is 5.26 Å². The molecule has 7 heteroatoms. The first-order valence-electron chi connectivity index (χ1n) is 9.16. The molecule has 1 amide bonds. The topological polar surface area (TPSA) is 115 Å². The first-order valence-corrected chi connectivity index (χ1v) is 9.16. The third kappa shape index (κ3) is 3.36. The van der Waals surface area contributed by atoms with E-state index in [0.29, 0.717) is 11.6 Å². The number of amides is 1. The van der Waals surface area contributed by atoms with Gasteiger partial charge in [-0.25, -0.2) is 0 Å². The van der Waals surface area contributed by atoms with Gasteiger partial charge in [-0.15, -0.1) is 5.10 Å². The molecule has 4 rings (SSSR count). The number of anilines is 1. The number of H-pyrrole nitrogens is 1. The molecule has 1 aliphatic heterocycles. The molecule has 7 nitrogen and oxygen atoms in total. The number of aryl methyl sites for hydroxylation is 1. The van der Waals surface area contributed by atoms with E-state index in [1.807, 2.05) is 43.3 Å². The lowest BCUT2D eigenvalue weighted by Gasteiger charge is -2.28. The van der Waals surface area contributed by atoms with E-state index >= 15 is 0 Å². The predicted molar refractivity (Wildman–Crippen MR) is 109 cm³/mol. The molecular weight excluding hydrogens is 366 g/mol. The zero-order chi connectivity index (χ0) is 20.5. The van der Waals surface area contributed by atoms with Gasteiger partial charge in [0.05, 0.1) is 17.3 Å². The highest BCUT2D eigenvalue weighted by Gasteiger charge is 2.40. The highest BCUT2D eigenvalue weighted by Crippen LogP contribution is 2.45. The number of carbonyl (C=O) groups is 1. The molecule has 144 valence electrons. The first kappa shape index (κ1) is 18.4. The van der Waals surface area contributed by atoms with Gasteiger partial charge >= 0.3 is 0 Å². The van der Waals surface area contributed by atoms with E-state index in [-0.39, 0.29) is 11.8 Å². The molecule has 2 unspecified atom stereocenters. The Labute approximate surface area is 167 Å². The van der Waals surface area contributed by atoms with Crippen molar-refractivity contribution in [3.8, 4) is 23.2 Å². The molecule has 2 atom stereocenters. The molecule has 1 aliphatic rings. The number of fused-ring (bicyclic) bond motifs is 1. The van der Waals surface area contributed by atoms with Crippen LogP contribution in [0.1, 0.15) is 29.5 Å². The Morgan fingerprint density at radius 3 is 2.52 bits per heavy atom. The quantitative estimate of drug-likeness (QED) is 0.632. The number of hydrogen-bond acceptors (Lipinski definition) is 5. The summed E-state index contributed by atoms with van der Waals surface area (Å²) in [4.78, 5) is 11.3. The van der Waals surface area contributed by atoms with Gasteiger partial charge in [0.2, 0.25) is 17.7 Å². The van der Waals surface area contributed by atoms with Gasteiger partial charge in [-0.3, -0.25) is 15.3 Å². The van der Waals surface area contributed by atoms with Crippen LogP contribution in [0.4, 0.5) is 5.69 Å². The molecule has 0 bridgehead atoms. The summed E-state index contributed by atoms with van der Waals surface area (Å²) >= 11 is 0. The normalized spacial score (nSPS) is 17.8. The van der Waals surface area contributed by atoms with E-state index in [0.717, 1.165) is 27.9 Å². The third-order valence-electron chi connectivity index (χ3n) is 4.97. The number of carbonyl (C=O) groups excluding carboxylic acids is 1. The van der Waals surface area contributed by atoms with E-state index in [1.165, 1.54) is 6.92 Å². The summed E-state index contributed by atoms with van der Waals surface area (Å²) in [5.74, 6) is -1.17. The van der Waals surface area contributed by atoms with E-state index in [2.05, 4.69) is 21.6 Å². The number of rotatable bonds is 3. The summed E-state index contributed by atoms with van der Waals surface area (Å²) in [6.45, 7) is 3.47. The van der Waals surface area contributed by atoms with Gasteiger partial charge in [-0.05, 0) is 30.2 Å². The molecule has 0 spiro atoms. The van der Waals surface area contributed by atoms with E-state index in [1.54, 1.807) is 12.1 Å². The van der Waals surface area contributed by atoms with Gasteiger partial charge in [-0.1, -0.05) is 42.0 Å². The molecule has 0 aliphatic carbocycles. The molecule has 2 heterocycles. The number of hydrogen-bond donors (Lipinski definition) is 3. The Balaban J connectivity index is 1.84. The molecule has 3 aromatic rings. The van der Waals surface area contributed by atoms with Gasteiger partial charge in [0.25, 0.3) is 0 Å². The number of nitrogens with zero attached hydrogens (tertiary/aromatic N) is 2. The number of benzene rings is 2. The lowest BCUT2D eigenvalue weighted by molar-refractivity contribution is -0.114. The Bertz CT molecular complexity index is 1120. The van der Waals surface area contributed by atoms with Crippen molar-refractivity contribution >= 4 is 17.5 Å². The van der Waals surface area contributed by atoms with Gasteiger partial charge in [0.1, 0.15) is 5.92 Å². The molecule has 0 fully saturated rings. The second-order valence-corrected chi connectivity index (χ2v) is 7.04. The minimum atomic E-state index is -0.782. The lowest BCUT2D eigenvalue weighted by Crippen LogP contribution is -2.30. The lowest BCUT2D eigenvalue weighted by atomic mass is 9.79. The minimum Gasteiger partial charge on any atom is -0.422 e. The number of nitrogens with one attached hydrogen (secondary N) is 3. The van der Waals surface area contributed by atoms with E-state index in [9.17, 15) is 10.1 Å². The summed E-state index contributed by atoms with van der Waals surface area (Å²) < 4.78 is 5.55. The fourth-order valence-corrected chi connectivity index (χ4v) is 3.60. The number of nitriles is 1. The Morgan fingerprint density at radius 2 is 1.90 bits per heavy atom. The Hall–Kier alpha value is -3.92. The van der Waals surface area contributed by atoms with Crippen LogP contribution in [-0.2, 0) is 4.79 Å². The second kappa shape index (κ2) is 7.24. The Morgan fingerprint density at radius 1 is 1.21 bits per heavy atom. The van der Waals surface area contributed by atoms with Crippen molar-refractivity contribution in [1.29, 1.82) is 10.7 Å². The van der Waals surface area contributed by atoms with Crippen LogP contribution in [0.15, 0.2) is 48.5 Å². The molecule has 3 N–H and O–H groups in total. The van der Waals surface area contributed by atoms with Crippen LogP contribution in [0, 0.1) is 29.6 Å². The van der Waals surface area contributed by atoms with Crippen molar-refractivity contribution in [2.24, 2.45) is 5.92 Å². The maximum atomic E-state index is 11.3. The van der Waals surface area contributed by atoms with Crippen molar-refractivity contribution < 1.29 is 9.53 Å². The van der Waals surface area contributed by atoms with E-state index < -0.39 is 11.8 Å². The number of aromatic nitrogens is 2. The van der Waals surface area contributed by atoms with Gasteiger partial charge in [0.15, 0.2) is 0 Å². The van der Waals surface area contributed by atoms with Gasteiger partial charge in [0, 0.05) is 18.5 Å². The van der Waals surface area contributed by atoms with Crippen LogP contribution in [0.3, 0.4) is 0 Å². The Kier molecular flexibility index (Phi) is 4.61. The summed E-state index contributed by atoms with van der Waals surface area (Å²) in [5.41, 5.74) is 5.10. The summed E-state index contributed by atoms with van der Waals surface area (Å²) in [6.07, 6.45) is 0. The van der Waals surface area contributed by atoms with Crippen LogP contribution < -0.4 is 10.1 Å². The van der Waals surface area contributed by atoms with E-state index in [4.69, 9.17) is 10.1 Å². The van der Waals surface area contributed by atoms with Crippen molar-refractivity contribution in [3.63, 3.8) is 0 Å². The van der Waals surface area contributed by atoms with Crippen LogP contribution in [0.5, 0.6) is 5.88 Å². The second-order valence-electron chi connectivity index (χ2n) is 7.04. The molecule has 0 saturated carbocycles. The zero-order valence-corrected chi connectivity index (χ0v) is 16.0. The van der Waals surface area contributed by atoms with Crippen molar-refractivity contribution in [3.05, 3.63) is 65.2 Å². The van der Waals surface area contributed by atoms with Crippen molar-refractivity contribution in [2.75, 3.05) is 5.32 Å². The van der Waals surface area contributed by atoms with Crippen LogP contribution >= 0.6 is 0 Å². The van der Waals surface area contributed by atoms with Crippen LogP contribution in [0.2, 0.25) is 0 Å². The first-order chi connectivity index (χ1) is 14.0. The third-order valence-corrected chi connectivity index (χ3v) is 4.97. The highest BCUT2D eigenvalue weighted by atomic mass is 16.5. The fourth-order valence-electron chi connectivity index (χ4n) is 3.60. The van der Waals surface area contributed by atoms with Gasteiger partial charge < -0.3 is 10.1 Å². The highest BCUT2D eigenvalue weighted by molar-refractivity contribution is 5.89. The molecule has 1 aromatic heterocycles. The monoisotopic (exact) mass is 385 g/mol. The number of ether oxygens (including phenoxy) is 1. The fraction of sp³-hybridized carbons (Fsp3) is 0.182. The largest absolute Gasteiger partial charge is 0.422 e. The zero-order valence-electron chi connectivity index (χ0n) is 16.0. The maximum absolute atomic E-state index is 11.3. The average molecular weight is 385 g/mol. The molecular formula is C22H19N5O2. The van der Waals surface area contributed by atoms with Crippen LogP contribution in [-0.4, -0.2) is 22.0 Å². The van der Waals surface area contributed by atoms with Crippen LogP contribution in [0.25, 0.3) is 11.3 Å².